The maximum absolute atomic E-state index is 10.9. The molecule has 0 spiro atoms. The van der Waals surface area contributed by atoms with Crippen LogP contribution in [0.4, 0.5) is 0 Å². The SMILES string of the molecule is Cc1c(C(=O)O)ccc2c1OCC[C@H]2N.Cl. The van der Waals surface area contributed by atoms with Crippen LogP contribution in [-0.2, 0) is 0 Å². The van der Waals surface area contributed by atoms with Crippen molar-refractivity contribution in [3.05, 3.63) is 28.8 Å². The summed E-state index contributed by atoms with van der Waals surface area (Å²) in [5.41, 5.74) is 7.76. The third-order valence-corrected chi connectivity index (χ3v) is 2.74. The van der Waals surface area contributed by atoms with Crippen LogP contribution in [0, 0.1) is 6.92 Å². The van der Waals surface area contributed by atoms with E-state index in [1.165, 1.54) is 0 Å². The monoisotopic (exact) mass is 243 g/mol. The van der Waals surface area contributed by atoms with Gasteiger partial charge in [0.1, 0.15) is 5.75 Å². The van der Waals surface area contributed by atoms with Crippen molar-refractivity contribution in [2.45, 2.75) is 19.4 Å². The molecule has 0 bridgehead atoms. The second-order valence-corrected chi connectivity index (χ2v) is 3.71. The molecular weight excluding hydrogens is 230 g/mol. The van der Waals surface area contributed by atoms with E-state index in [1.807, 2.05) is 0 Å². The molecule has 0 radical (unpaired) electrons. The molecule has 4 nitrogen and oxygen atoms in total. The average Bonchev–Trinajstić information content (AvgIpc) is 2.19. The molecule has 0 unspecified atom stereocenters. The predicted molar refractivity (Wildman–Crippen MR) is 62.4 cm³/mol. The highest BCUT2D eigenvalue weighted by Gasteiger charge is 2.22. The van der Waals surface area contributed by atoms with Crippen LogP contribution in [0.25, 0.3) is 0 Å². The smallest absolute Gasteiger partial charge is 0.336 e. The van der Waals surface area contributed by atoms with Gasteiger partial charge in [-0.05, 0) is 13.0 Å². The van der Waals surface area contributed by atoms with Crippen LogP contribution >= 0.6 is 12.4 Å². The Morgan fingerprint density at radius 3 is 2.88 bits per heavy atom. The van der Waals surface area contributed by atoms with Crippen LogP contribution in [-0.4, -0.2) is 17.7 Å². The summed E-state index contributed by atoms with van der Waals surface area (Å²) in [5, 5.41) is 8.95. The zero-order chi connectivity index (χ0) is 11.0. The lowest BCUT2D eigenvalue weighted by Crippen LogP contribution is -2.22. The fourth-order valence-electron chi connectivity index (χ4n) is 1.87. The van der Waals surface area contributed by atoms with Crippen LogP contribution in [0.1, 0.15) is 33.9 Å². The van der Waals surface area contributed by atoms with Gasteiger partial charge in [-0.2, -0.15) is 0 Å². The molecular formula is C11H14ClNO3. The highest BCUT2D eigenvalue weighted by atomic mass is 35.5. The second kappa shape index (κ2) is 4.72. The molecule has 1 aliphatic rings. The molecule has 0 saturated heterocycles. The van der Waals surface area contributed by atoms with Gasteiger partial charge in [-0.15, -0.1) is 12.4 Å². The highest BCUT2D eigenvalue weighted by molar-refractivity contribution is 5.90. The van der Waals surface area contributed by atoms with Gasteiger partial charge in [0, 0.05) is 23.6 Å². The zero-order valence-corrected chi connectivity index (χ0v) is 9.71. The van der Waals surface area contributed by atoms with Crippen LogP contribution in [0.15, 0.2) is 12.1 Å². The minimum absolute atomic E-state index is 0. The molecule has 0 aliphatic carbocycles. The van der Waals surface area contributed by atoms with Gasteiger partial charge >= 0.3 is 5.97 Å². The van der Waals surface area contributed by atoms with Gasteiger partial charge in [-0.25, -0.2) is 4.79 Å². The molecule has 16 heavy (non-hydrogen) atoms. The lowest BCUT2D eigenvalue weighted by atomic mass is 9.95. The van der Waals surface area contributed by atoms with Gasteiger partial charge in [-0.3, -0.25) is 0 Å². The van der Waals surface area contributed by atoms with Crippen molar-refractivity contribution < 1.29 is 14.6 Å². The van der Waals surface area contributed by atoms with E-state index >= 15 is 0 Å². The van der Waals surface area contributed by atoms with Gasteiger partial charge in [0.05, 0.1) is 12.2 Å². The van der Waals surface area contributed by atoms with Crippen LogP contribution in [0.3, 0.4) is 0 Å². The topological polar surface area (TPSA) is 72.5 Å². The van der Waals surface area contributed by atoms with Crippen LogP contribution < -0.4 is 10.5 Å². The van der Waals surface area contributed by atoms with Crippen molar-refractivity contribution in [2.75, 3.05) is 6.61 Å². The number of halogens is 1. The summed E-state index contributed by atoms with van der Waals surface area (Å²) in [4.78, 5) is 10.9. The number of hydrogen-bond donors (Lipinski definition) is 2. The maximum Gasteiger partial charge on any atom is 0.336 e. The first-order valence-corrected chi connectivity index (χ1v) is 4.86. The Bertz CT molecular complexity index is 420. The summed E-state index contributed by atoms with van der Waals surface area (Å²) in [6, 6.07) is 3.29. The number of fused-ring (bicyclic) bond motifs is 1. The first kappa shape index (κ1) is 12.8. The van der Waals surface area contributed by atoms with E-state index in [1.54, 1.807) is 19.1 Å². The van der Waals surface area contributed by atoms with Crippen LogP contribution in [0.5, 0.6) is 5.75 Å². The summed E-state index contributed by atoms with van der Waals surface area (Å²) >= 11 is 0. The molecule has 5 heteroatoms. The summed E-state index contributed by atoms with van der Waals surface area (Å²) < 4.78 is 5.47. The van der Waals surface area contributed by atoms with Crippen molar-refractivity contribution >= 4 is 18.4 Å². The number of rotatable bonds is 1. The summed E-state index contributed by atoms with van der Waals surface area (Å²) in [7, 11) is 0. The van der Waals surface area contributed by atoms with Gasteiger partial charge < -0.3 is 15.6 Å². The molecule has 1 heterocycles. The number of aromatic carboxylic acids is 1. The highest BCUT2D eigenvalue weighted by Crippen LogP contribution is 2.34. The molecule has 1 aromatic rings. The maximum atomic E-state index is 10.9. The summed E-state index contributed by atoms with van der Waals surface area (Å²) in [6.45, 7) is 2.30. The van der Waals surface area contributed by atoms with Gasteiger partial charge in [0.2, 0.25) is 0 Å². The third kappa shape index (κ3) is 1.99. The first-order chi connectivity index (χ1) is 7.11. The quantitative estimate of drug-likeness (QED) is 0.790. The van der Waals surface area contributed by atoms with Gasteiger partial charge in [0.25, 0.3) is 0 Å². The van der Waals surface area contributed by atoms with Gasteiger partial charge in [0.15, 0.2) is 0 Å². The number of benzene rings is 1. The largest absolute Gasteiger partial charge is 0.493 e. The fraction of sp³-hybridized carbons (Fsp3) is 0.364. The molecule has 0 fully saturated rings. The molecule has 0 saturated carbocycles. The number of carboxylic acids is 1. The van der Waals surface area contributed by atoms with E-state index in [9.17, 15) is 4.79 Å². The molecule has 1 aromatic carbocycles. The Morgan fingerprint density at radius 2 is 2.25 bits per heavy atom. The van der Waals surface area contributed by atoms with E-state index in [-0.39, 0.29) is 24.0 Å². The minimum atomic E-state index is -0.932. The van der Waals surface area contributed by atoms with E-state index in [2.05, 4.69) is 0 Å². The molecule has 0 amide bonds. The van der Waals surface area contributed by atoms with Crippen molar-refractivity contribution in [3.63, 3.8) is 0 Å². The van der Waals surface area contributed by atoms with E-state index < -0.39 is 5.97 Å². The third-order valence-electron chi connectivity index (χ3n) is 2.74. The van der Waals surface area contributed by atoms with E-state index in [4.69, 9.17) is 15.6 Å². The average molecular weight is 244 g/mol. The van der Waals surface area contributed by atoms with Crippen molar-refractivity contribution in [3.8, 4) is 5.75 Å². The van der Waals surface area contributed by atoms with E-state index in [0.29, 0.717) is 17.9 Å². The first-order valence-electron chi connectivity index (χ1n) is 4.86. The van der Waals surface area contributed by atoms with Crippen molar-refractivity contribution in [2.24, 2.45) is 5.73 Å². The van der Waals surface area contributed by atoms with E-state index in [0.717, 1.165) is 12.0 Å². The number of hydrogen-bond acceptors (Lipinski definition) is 3. The molecule has 1 atom stereocenters. The number of carbonyl (C=O) groups is 1. The molecule has 0 aromatic heterocycles. The number of ether oxygens (including phenoxy) is 1. The second-order valence-electron chi connectivity index (χ2n) is 3.71. The Labute approximate surface area is 99.8 Å². The number of carboxylic acid groups (broad SMARTS) is 1. The Kier molecular flexibility index (Phi) is 3.78. The lowest BCUT2D eigenvalue weighted by molar-refractivity contribution is 0.0695. The Hall–Kier alpha value is -1.26. The zero-order valence-electron chi connectivity index (χ0n) is 8.90. The van der Waals surface area contributed by atoms with Crippen LogP contribution in [0.2, 0.25) is 0 Å². The Morgan fingerprint density at radius 1 is 1.56 bits per heavy atom. The lowest BCUT2D eigenvalue weighted by Gasteiger charge is -2.25. The molecule has 88 valence electrons. The van der Waals surface area contributed by atoms with Gasteiger partial charge in [-0.1, -0.05) is 6.07 Å². The van der Waals surface area contributed by atoms with Crippen molar-refractivity contribution in [1.82, 2.24) is 0 Å². The summed E-state index contributed by atoms with van der Waals surface area (Å²) in [5.74, 6) is -0.285. The molecule has 3 N–H and O–H groups in total. The molecule has 1 aliphatic heterocycles. The molecule has 2 rings (SSSR count). The van der Waals surface area contributed by atoms with Crippen molar-refractivity contribution in [1.29, 1.82) is 0 Å². The normalized spacial score (nSPS) is 18.0. The minimum Gasteiger partial charge on any atom is -0.493 e. The standard InChI is InChI=1S/C11H13NO3.ClH/c1-6-7(11(13)14)2-3-8-9(12)4-5-15-10(6)8;/h2-3,9H,4-5,12H2,1H3,(H,13,14);1H/t9-;/m1./s1. The Balaban J connectivity index is 0.00000128. The predicted octanol–water partition coefficient (Wildman–Crippen LogP) is 1.90. The summed E-state index contributed by atoms with van der Waals surface area (Å²) in [6.07, 6.45) is 0.777. The fourth-order valence-corrected chi connectivity index (χ4v) is 1.87. The number of nitrogens with two attached hydrogens (primary N) is 1.